The molecule has 0 N–H and O–H groups in total. The standard InChI is InChI=1S/C9H10F3NO/c1-8(2,9(10,11)12)13-5-3-4-7(13)6-14/h3-6H,1-2H3. The predicted octanol–water partition coefficient (Wildman–Crippen LogP) is 2.60. The molecule has 0 radical (unpaired) electrons. The van der Waals surface area contributed by atoms with Gasteiger partial charge in [-0.25, -0.2) is 0 Å². The van der Waals surface area contributed by atoms with Crippen molar-refractivity contribution in [3.8, 4) is 0 Å². The summed E-state index contributed by atoms with van der Waals surface area (Å²) in [5, 5.41) is 0. The lowest BCUT2D eigenvalue weighted by Crippen LogP contribution is -2.42. The first-order valence-corrected chi connectivity index (χ1v) is 4.00. The summed E-state index contributed by atoms with van der Waals surface area (Å²) in [7, 11) is 0. The molecule has 0 saturated carbocycles. The van der Waals surface area contributed by atoms with E-state index in [0.717, 1.165) is 18.4 Å². The van der Waals surface area contributed by atoms with Crippen LogP contribution in [0.25, 0.3) is 0 Å². The Morgan fingerprint density at radius 3 is 2.36 bits per heavy atom. The van der Waals surface area contributed by atoms with Crippen molar-refractivity contribution in [1.29, 1.82) is 0 Å². The van der Waals surface area contributed by atoms with Gasteiger partial charge in [-0.3, -0.25) is 4.79 Å². The van der Waals surface area contributed by atoms with Gasteiger partial charge in [0, 0.05) is 6.20 Å². The number of hydrogen-bond donors (Lipinski definition) is 0. The fourth-order valence-electron chi connectivity index (χ4n) is 1.14. The van der Waals surface area contributed by atoms with Gasteiger partial charge in [0.1, 0.15) is 5.54 Å². The van der Waals surface area contributed by atoms with E-state index in [1.54, 1.807) is 0 Å². The minimum atomic E-state index is -4.39. The lowest BCUT2D eigenvalue weighted by Gasteiger charge is -2.30. The molecule has 1 aromatic rings. The molecule has 78 valence electrons. The van der Waals surface area contributed by atoms with Crippen molar-refractivity contribution in [3.05, 3.63) is 24.0 Å². The molecule has 14 heavy (non-hydrogen) atoms. The van der Waals surface area contributed by atoms with Crippen molar-refractivity contribution in [2.24, 2.45) is 0 Å². The van der Waals surface area contributed by atoms with Gasteiger partial charge in [-0.05, 0) is 26.0 Å². The van der Waals surface area contributed by atoms with Crippen molar-refractivity contribution >= 4 is 6.29 Å². The highest BCUT2D eigenvalue weighted by Gasteiger charge is 2.49. The number of aromatic nitrogens is 1. The Labute approximate surface area is 79.3 Å². The second-order valence-corrected chi connectivity index (χ2v) is 3.48. The van der Waals surface area contributed by atoms with Gasteiger partial charge in [-0.15, -0.1) is 0 Å². The SMILES string of the molecule is CC(C)(n1cccc1C=O)C(F)(F)F. The van der Waals surface area contributed by atoms with Gasteiger partial charge in [0.25, 0.3) is 0 Å². The Kier molecular flexibility index (Phi) is 2.43. The van der Waals surface area contributed by atoms with E-state index in [1.165, 1.54) is 18.3 Å². The quantitative estimate of drug-likeness (QED) is 0.680. The van der Waals surface area contributed by atoms with Crippen molar-refractivity contribution in [2.75, 3.05) is 0 Å². The summed E-state index contributed by atoms with van der Waals surface area (Å²) in [4.78, 5) is 10.5. The van der Waals surface area contributed by atoms with Gasteiger partial charge in [0.05, 0.1) is 5.69 Å². The first-order valence-electron chi connectivity index (χ1n) is 4.00. The summed E-state index contributed by atoms with van der Waals surface area (Å²) in [6, 6.07) is 2.76. The zero-order chi connectivity index (χ0) is 11.0. The lowest BCUT2D eigenvalue weighted by molar-refractivity contribution is -0.202. The number of hydrogen-bond acceptors (Lipinski definition) is 1. The lowest BCUT2D eigenvalue weighted by atomic mass is 10.0. The Morgan fingerprint density at radius 2 is 1.93 bits per heavy atom. The highest BCUT2D eigenvalue weighted by Crippen LogP contribution is 2.36. The summed E-state index contributed by atoms with van der Waals surface area (Å²) >= 11 is 0. The smallest absolute Gasteiger partial charge is 0.331 e. The molecular formula is C9H10F3NO. The summed E-state index contributed by atoms with van der Waals surface area (Å²) in [5.74, 6) is 0. The van der Waals surface area contributed by atoms with Gasteiger partial charge in [-0.2, -0.15) is 13.2 Å². The topological polar surface area (TPSA) is 22.0 Å². The molecule has 0 unspecified atom stereocenters. The molecule has 0 aliphatic heterocycles. The average Bonchev–Trinajstić information content (AvgIpc) is 2.49. The highest BCUT2D eigenvalue weighted by molar-refractivity contribution is 5.72. The van der Waals surface area contributed by atoms with Gasteiger partial charge in [-0.1, -0.05) is 0 Å². The zero-order valence-corrected chi connectivity index (χ0v) is 7.80. The highest BCUT2D eigenvalue weighted by atomic mass is 19.4. The first-order chi connectivity index (χ1) is 6.30. The van der Waals surface area contributed by atoms with E-state index in [4.69, 9.17) is 0 Å². The average molecular weight is 205 g/mol. The van der Waals surface area contributed by atoms with E-state index in [9.17, 15) is 18.0 Å². The molecule has 0 amide bonds. The monoisotopic (exact) mass is 205 g/mol. The minimum Gasteiger partial charge on any atom is -0.331 e. The molecular weight excluding hydrogens is 195 g/mol. The number of carbonyl (C=O) groups excluding carboxylic acids is 1. The second-order valence-electron chi connectivity index (χ2n) is 3.48. The Hall–Kier alpha value is -1.26. The maximum Gasteiger partial charge on any atom is 0.411 e. The largest absolute Gasteiger partial charge is 0.411 e. The molecule has 0 bridgehead atoms. The first kappa shape index (κ1) is 10.8. The molecule has 0 aliphatic rings. The van der Waals surface area contributed by atoms with E-state index in [0.29, 0.717) is 6.29 Å². The molecule has 0 spiro atoms. The molecule has 0 fully saturated rings. The number of aldehydes is 1. The third kappa shape index (κ3) is 1.54. The van der Waals surface area contributed by atoms with E-state index in [-0.39, 0.29) is 5.69 Å². The third-order valence-electron chi connectivity index (χ3n) is 2.20. The molecule has 5 heteroatoms. The summed E-state index contributed by atoms with van der Waals surface area (Å²) in [6.07, 6.45) is -2.73. The molecule has 1 aromatic heterocycles. The molecule has 0 saturated heterocycles. The number of carbonyl (C=O) groups is 1. The Bertz CT molecular complexity index is 338. The van der Waals surface area contributed by atoms with Crippen LogP contribution in [0.15, 0.2) is 18.3 Å². The molecule has 0 atom stereocenters. The predicted molar refractivity (Wildman–Crippen MR) is 45.2 cm³/mol. The fraction of sp³-hybridized carbons (Fsp3) is 0.444. The van der Waals surface area contributed by atoms with Crippen LogP contribution in [-0.4, -0.2) is 17.0 Å². The number of halogens is 3. The number of rotatable bonds is 2. The summed E-state index contributed by atoms with van der Waals surface area (Å²) in [6.45, 7) is 2.06. The van der Waals surface area contributed by atoms with Crippen LogP contribution in [-0.2, 0) is 5.54 Å². The second kappa shape index (κ2) is 3.15. The maximum atomic E-state index is 12.6. The van der Waals surface area contributed by atoms with Crippen LogP contribution in [0, 0.1) is 0 Å². The van der Waals surface area contributed by atoms with E-state index >= 15 is 0 Å². The number of alkyl halides is 3. The van der Waals surface area contributed by atoms with Crippen LogP contribution in [0.5, 0.6) is 0 Å². The normalized spacial score (nSPS) is 12.9. The van der Waals surface area contributed by atoms with Crippen LogP contribution >= 0.6 is 0 Å². The van der Waals surface area contributed by atoms with Crippen molar-refractivity contribution < 1.29 is 18.0 Å². The van der Waals surface area contributed by atoms with Crippen LogP contribution in [0.1, 0.15) is 24.3 Å². The van der Waals surface area contributed by atoms with Gasteiger partial charge < -0.3 is 4.57 Å². The van der Waals surface area contributed by atoms with Crippen LogP contribution in [0.3, 0.4) is 0 Å². The van der Waals surface area contributed by atoms with Crippen LogP contribution in [0.4, 0.5) is 13.2 Å². The summed E-state index contributed by atoms with van der Waals surface area (Å²) < 4.78 is 38.6. The van der Waals surface area contributed by atoms with E-state index in [2.05, 4.69) is 0 Å². The minimum absolute atomic E-state index is 0.0207. The Balaban J connectivity index is 3.22. The molecule has 1 heterocycles. The summed E-state index contributed by atoms with van der Waals surface area (Å²) in [5.41, 5.74) is -2.04. The van der Waals surface area contributed by atoms with Gasteiger partial charge in [0.2, 0.25) is 0 Å². The van der Waals surface area contributed by atoms with Crippen LogP contribution < -0.4 is 0 Å². The van der Waals surface area contributed by atoms with Crippen molar-refractivity contribution in [3.63, 3.8) is 0 Å². The molecule has 0 aromatic carbocycles. The van der Waals surface area contributed by atoms with Crippen LogP contribution in [0.2, 0.25) is 0 Å². The zero-order valence-electron chi connectivity index (χ0n) is 7.80. The van der Waals surface area contributed by atoms with Crippen molar-refractivity contribution in [1.82, 2.24) is 4.57 Å². The maximum absolute atomic E-state index is 12.6. The van der Waals surface area contributed by atoms with Gasteiger partial charge >= 0.3 is 6.18 Å². The number of nitrogens with zero attached hydrogens (tertiary/aromatic N) is 1. The molecule has 0 aliphatic carbocycles. The van der Waals surface area contributed by atoms with E-state index in [1.807, 2.05) is 0 Å². The van der Waals surface area contributed by atoms with Gasteiger partial charge in [0.15, 0.2) is 6.29 Å². The van der Waals surface area contributed by atoms with Crippen molar-refractivity contribution in [2.45, 2.75) is 25.6 Å². The van der Waals surface area contributed by atoms with E-state index < -0.39 is 11.7 Å². The molecule has 2 nitrogen and oxygen atoms in total. The fourth-order valence-corrected chi connectivity index (χ4v) is 1.14. The third-order valence-corrected chi connectivity index (χ3v) is 2.20. The Morgan fingerprint density at radius 1 is 1.36 bits per heavy atom. The molecule has 1 rings (SSSR count).